The van der Waals surface area contributed by atoms with Gasteiger partial charge in [0.05, 0.1) is 25.3 Å². The summed E-state index contributed by atoms with van der Waals surface area (Å²) in [7, 11) is 3.06. The van der Waals surface area contributed by atoms with E-state index in [9.17, 15) is 4.79 Å². The van der Waals surface area contributed by atoms with Crippen LogP contribution in [0.2, 0.25) is 5.02 Å². The number of hydrogen-bond donors (Lipinski definition) is 0. The SMILES string of the molecule is COc1cc(C)ccc1C(=O)c1cc(Cl)ccc1OC. The number of carbonyl (C=O) groups is 1. The van der Waals surface area contributed by atoms with E-state index in [4.69, 9.17) is 21.1 Å². The molecule has 20 heavy (non-hydrogen) atoms. The van der Waals surface area contributed by atoms with E-state index >= 15 is 0 Å². The van der Waals surface area contributed by atoms with Gasteiger partial charge < -0.3 is 9.47 Å². The molecule has 2 aromatic rings. The van der Waals surface area contributed by atoms with Crippen LogP contribution in [-0.4, -0.2) is 20.0 Å². The molecule has 0 spiro atoms. The molecule has 0 atom stereocenters. The lowest BCUT2D eigenvalue weighted by Crippen LogP contribution is -2.06. The minimum Gasteiger partial charge on any atom is -0.496 e. The summed E-state index contributed by atoms with van der Waals surface area (Å²) in [6, 6.07) is 10.4. The summed E-state index contributed by atoms with van der Waals surface area (Å²) < 4.78 is 10.5. The normalized spacial score (nSPS) is 10.2. The van der Waals surface area contributed by atoms with E-state index in [1.807, 2.05) is 19.1 Å². The first kappa shape index (κ1) is 14.4. The maximum atomic E-state index is 12.7. The number of methoxy groups -OCH3 is 2. The Labute approximate surface area is 123 Å². The molecule has 3 nitrogen and oxygen atoms in total. The number of hydrogen-bond acceptors (Lipinski definition) is 3. The second-order valence-electron chi connectivity index (χ2n) is 4.38. The van der Waals surface area contributed by atoms with Gasteiger partial charge in [0.2, 0.25) is 5.78 Å². The Morgan fingerprint density at radius 1 is 0.950 bits per heavy atom. The predicted octanol–water partition coefficient (Wildman–Crippen LogP) is 3.90. The molecule has 0 aliphatic carbocycles. The van der Waals surface area contributed by atoms with Crippen molar-refractivity contribution in [2.45, 2.75) is 6.92 Å². The Morgan fingerprint density at radius 3 is 2.30 bits per heavy atom. The van der Waals surface area contributed by atoms with Gasteiger partial charge in [0.15, 0.2) is 0 Å². The third kappa shape index (κ3) is 2.78. The van der Waals surface area contributed by atoms with Gasteiger partial charge in [-0.15, -0.1) is 0 Å². The van der Waals surface area contributed by atoms with Crippen LogP contribution in [-0.2, 0) is 0 Å². The van der Waals surface area contributed by atoms with Crippen molar-refractivity contribution >= 4 is 17.4 Å². The van der Waals surface area contributed by atoms with Crippen LogP contribution in [0.25, 0.3) is 0 Å². The van der Waals surface area contributed by atoms with Crippen LogP contribution < -0.4 is 9.47 Å². The molecule has 2 rings (SSSR count). The number of carbonyl (C=O) groups excluding carboxylic acids is 1. The maximum Gasteiger partial charge on any atom is 0.200 e. The number of aryl methyl sites for hydroxylation is 1. The highest BCUT2D eigenvalue weighted by molar-refractivity contribution is 6.31. The van der Waals surface area contributed by atoms with Crippen LogP contribution in [0.1, 0.15) is 21.5 Å². The van der Waals surface area contributed by atoms with E-state index in [2.05, 4.69) is 0 Å². The van der Waals surface area contributed by atoms with Crippen molar-refractivity contribution in [3.63, 3.8) is 0 Å². The number of ether oxygens (including phenoxy) is 2. The fraction of sp³-hybridized carbons (Fsp3) is 0.188. The molecule has 4 heteroatoms. The first-order chi connectivity index (χ1) is 9.56. The second kappa shape index (κ2) is 5.97. The van der Waals surface area contributed by atoms with Crippen LogP contribution >= 0.6 is 11.6 Å². The van der Waals surface area contributed by atoms with Gasteiger partial charge in [0, 0.05) is 5.02 Å². The van der Waals surface area contributed by atoms with Gasteiger partial charge in [-0.25, -0.2) is 0 Å². The standard InChI is InChI=1S/C16H15ClO3/c1-10-4-6-12(15(8-10)20-3)16(18)13-9-11(17)5-7-14(13)19-2/h4-9H,1-3H3. The van der Waals surface area contributed by atoms with E-state index < -0.39 is 0 Å². The third-order valence-electron chi connectivity index (χ3n) is 3.01. The average Bonchev–Trinajstić information content (AvgIpc) is 2.46. The summed E-state index contributed by atoms with van der Waals surface area (Å²) in [5.41, 5.74) is 1.93. The number of halogens is 1. The van der Waals surface area contributed by atoms with E-state index in [0.717, 1.165) is 5.56 Å². The minimum absolute atomic E-state index is 0.179. The number of benzene rings is 2. The first-order valence-corrected chi connectivity index (χ1v) is 6.47. The predicted molar refractivity (Wildman–Crippen MR) is 79.2 cm³/mol. The minimum atomic E-state index is -0.179. The Kier molecular flexibility index (Phi) is 4.30. The van der Waals surface area contributed by atoms with E-state index in [-0.39, 0.29) is 5.78 Å². The first-order valence-electron chi connectivity index (χ1n) is 6.09. The third-order valence-corrected chi connectivity index (χ3v) is 3.24. The molecular weight excluding hydrogens is 276 g/mol. The molecule has 0 fully saturated rings. The van der Waals surface area contributed by atoms with Crippen LogP contribution in [0.3, 0.4) is 0 Å². The molecule has 0 aromatic heterocycles. The van der Waals surface area contributed by atoms with Crippen LogP contribution in [0.4, 0.5) is 0 Å². The largest absolute Gasteiger partial charge is 0.496 e. The van der Waals surface area contributed by atoms with Gasteiger partial charge in [-0.3, -0.25) is 4.79 Å². The molecule has 0 N–H and O–H groups in total. The van der Waals surface area contributed by atoms with Gasteiger partial charge >= 0.3 is 0 Å². The molecule has 0 bridgehead atoms. The van der Waals surface area contributed by atoms with Crippen molar-refractivity contribution in [2.24, 2.45) is 0 Å². The Morgan fingerprint density at radius 2 is 1.65 bits per heavy atom. The zero-order valence-corrected chi connectivity index (χ0v) is 12.3. The summed E-state index contributed by atoms with van der Waals surface area (Å²) in [6.07, 6.45) is 0. The van der Waals surface area contributed by atoms with Gasteiger partial charge in [0.25, 0.3) is 0 Å². The molecule has 0 saturated carbocycles. The summed E-state index contributed by atoms with van der Waals surface area (Å²) in [6.45, 7) is 1.94. The molecule has 0 unspecified atom stereocenters. The summed E-state index contributed by atoms with van der Waals surface area (Å²) >= 11 is 5.97. The molecule has 0 heterocycles. The zero-order chi connectivity index (χ0) is 14.7. The van der Waals surface area contributed by atoms with Crippen molar-refractivity contribution in [1.82, 2.24) is 0 Å². The van der Waals surface area contributed by atoms with Crippen molar-refractivity contribution in [1.29, 1.82) is 0 Å². The van der Waals surface area contributed by atoms with Crippen molar-refractivity contribution in [3.8, 4) is 11.5 Å². The van der Waals surface area contributed by atoms with Crippen molar-refractivity contribution in [2.75, 3.05) is 14.2 Å². The fourth-order valence-electron chi connectivity index (χ4n) is 1.99. The van der Waals surface area contributed by atoms with E-state index in [0.29, 0.717) is 27.6 Å². The summed E-state index contributed by atoms with van der Waals surface area (Å²) in [5, 5.41) is 0.486. The zero-order valence-electron chi connectivity index (χ0n) is 11.6. The summed E-state index contributed by atoms with van der Waals surface area (Å²) in [5.74, 6) is 0.847. The number of ketones is 1. The van der Waals surface area contributed by atoms with Crippen LogP contribution in [0.5, 0.6) is 11.5 Å². The van der Waals surface area contributed by atoms with Gasteiger partial charge in [-0.05, 0) is 42.8 Å². The van der Waals surface area contributed by atoms with E-state index in [1.165, 1.54) is 7.11 Å². The molecule has 0 aliphatic rings. The molecule has 2 aromatic carbocycles. The molecule has 0 radical (unpaired) electrons. The smallest absolute Gasteiger partial charge is 0.200 e. The topological polar surface area (TPSA) is 35.5 Å². The van der Waals surface area contributed by atoms with Crippen molar-refractivity contribution < 1.29 is 14.3 Å². The molecule has 0 saturated heterocycles. The highest BCUT2D eigenvalue weighted by Crippen LogP contribution is 2.29. The quantitative estimate of drug-likeness (QED) is 0.801. The number of rotatable bonds is 4. The molecule has 104 valence electrons. The maximum absolute atomic E-state index is 12.7. The van der Waals surface area contributed by atoms with Gasteiger partial charge in [-0.1, -0.05) is 17.7 Å². The lowest BCUT2D eigenvalue weighted by atomic mass is 10.0. The fourth-order valence-corrected chi connectivity index (χ4v) is 2.16. The van der Waals surface area contributed by atoms with Crippen LogP contribution in [0.15, 0.2) is 36.4 Å². The van der Waals surface area contributed by atoms with Gasteiger partial charge in [0.1, 0.15) is 11.5 Å². The van der Waals surface area contributed by atoms with Crippen LogP contribution in [0, 0.1) is 6.92 Å². The monoisotopic (exact) mass is 290 g/mol. The molecule has 0 amide bonds. The summed E-state index contributed by atoms with van der Waals surface area (Å²) in [4.78, 5) is 12.7. The Balaban J connectivity index is 2.54. The van der Waals surface area contributed by atoms with Crippen molar-refractivity contribution in [3.05, 3.63) is 58.1 Å². The average molecular weight is 291 g/mol. The lowest BCUT2D eigenvalue weighted by Gasteiger charge is -2.11. The van der Waals surface area contributed by atoms with E-state index in [1.54, 1.807) is 31.4 Å². The molecular formula is C16H15ClO3. The second-order valence-corrected chi connectivity index (χ2v) is 4.81. The Hall–Kier alpha value is -2.00. The highest BCUT2D eigenvalue weighted by Gasteiger charge is 2.18. The Bertz CT molecular complexity index is 650. The molecule has 0 aliphatic heterocycles. The van der Waals surface area contributed by atoms with Gasteiger partial charge in [-0.2, -0.15) is 0 Å². The lowest BCUT2D eigenvalue weighted by molar-refractivity contribution is 0.103. The highest BCUT2D eigenvalue weighted by atomic mass is 35.5.